The van der Waals surface area contributed by atoms with Crippen LogP contribution in [0.5, 0.6) is 0 Å². The molecule has 0 aromatic heterocycles. The zero-order chi connectivity index (χ0) is 8.81. The summed E-state index contributed by atoms with van der Waals surface area (Å²) >= 11 is 0. The first kappa shape index (κ1) is 10.0. The molecule has 12 heavy (non-hydrogen) atoms. The Balaban J connectivity index is 2.11. The molecule has 0 N–H and O–H groups in total. The maximum Gasteiger partial charge on any atom is -0.00161 e. The van der Waals surface area contributed by atoms with Gasteiger partial charge in [0, 0.05) is 0 Å². The lowest BCUT2D eigenvalue weighted by Crippen LogP contribution is -2.34. The van der Waals surface area contributed by atoms with E-state index in [4.69, 9.17) is 0 Å². The summed E-state index contributed by atoms with van der Waals surface area (Å²) in [4.78, 5) is 2.62. The van der Waals surface area contributed by atoms with Gasteiger partial charge in [-0.3, -0.25) is 0 Å². The SMILES string of the molecule is CCCC1CCN(CCC)CC1. The third kappa shape index (κ3) is 3.14. The van der Waals surface area contributed by atoms with E-state index in [1.165, 1.54) is 51.7 Å². The fourth-order valence-electron chi connectivity index (χ4n) is 2.22. The van der Waals surface area contributed by atoms with Crippen molar-refractivity contribution in [3.05, 3.63) is 0 Å². The van der Waals surface area contributed by atoms with E-state index < -0.39 is 0 Å². The van der Waals surface area contributed by atoms with Crippen molar-refractivity contribution in [2.45, 2.75) is 46.0 Å². The summed E-state index contributed by atoms with van der Waals surface area (Å²) in [6.45, 7) is 8.62. The van der Waals surface area contributed by atoms with Crippen LogP contribution >= 0.6 is 0 Å². The molecular weight excluding hydrogens is 146 g/mol. The fourth-order valence-corrected chi connectivity index (χ4v) is 2.22. The summed E-state index contributed by atoms with van der Waals surface area (Å²) in [5, 5.41) is 0. The number of hydrogen-bond donors (Lipinski definition) is 0. The molecule has 0 unspecified atom stereocenters. The van der Waals surface area contributed by atoms with Crippen molar-refractivity contribution in [2.75, 3.05) is 19.6 Å². The minimum Gasteiger partial charge on any atom is -0.303 e. The minimum absolute atomic E-state index is 1.04. The zero-order valence-electron chi connectivity index (χ0n) is 8.68. The van der Waals surface area contributed by atoms with Gasteiger partial charge in [0.1, 0.15) is 0 Å². The highest BCUT2D eigenvalue weighted by atomic mass is 15.1. The third-order valence-corrected chi connectivity index (χ3v) is 2.94. The number of likely N-dealkylation sites (tertiary alicyclic amines) is 1. The van der Waals surface area contributed by atoms with E-state index in [9.17, 15) is 0 Å². The molecule has 1 heterocycles. The molecule has 0 saturated carbocycles. The Labute approximate surface area is 77.1 Å². The predicted molar refractivity (Wildman–Crippen MR) is 54.4 cm³/mol. The topological polar surface area (TPSA) is 3.24 Å². The van der Waals surface area contributed by atoms with Crippen molar-refractivity contribution in [1.82, 2.24) is 4.90 Å². The molecule has 72 valence electrons. The van der Waals surface area contributed by atoms with Gasteiger partial charge in [0.05, 0.1) is 0 Å². The van der Waals surface area contributed by atoms with Gasteiger partial charge in [-0.15, -0.1) is 0 Å². The molecule has 0 aromatic carbocycles. The Morgan fingerprint density at radius 3 is 2.25 bits per heavy atom. The Kier molecular flexibility index (Phi) is 4.67. The Morgan fingerprint density at radius 1 is 1.08 bits per heavy atom. The van der Waals surface area contributed by atoms with Gasteiger partial charge in [0.15, 0.2) is 0 Å². The lowest BCUT2D eigenvalue weighted by Gasteiger charge is -2.31. The molecule has 1 heteroatoms. The smallest absolute Gasteiger partial charge is 0.00161 e. The van der Waals surface area contributed by atoms with E-state index in [0.29, 0.717) is 0 Å². The molecule has 0 atom stereocenters. The molecule has 1 aliphatic heterocycles. The van der Waals surface area contributed by atoms with Gasteiger partial charge >= 0.3 is 0 Å². The number of nitrogens with zero attached hydrogens (tertiary/aromatic N) is 1. The summed E-state index contributed by atoms with van der Waals surface area (Å²) in [6, 6.07) is 0. The normalized spacial score (nSPS) is 21.5. The fraction of sp³-hybridized carbons (Fsp3) is 1.00. The monoisotopic (exact) mass is 169 g/mol. The average molecular weight is 169 g/mol. The zero-order valence-corrected chi connectivity index (χ0v) is 8.68. The van der Waals surface area contributed by atoms with Gasteiger partial charge in [-0.1, -0.05) is 26.7 Å². The van der Waals surface area contributed by atoms with E-state index in [1.54, 1.807) is 0 Å². The van der Waals surface area contributed by atoms with Crippen LogP contribution in [-0.4, -0.2) is 24.5 Å². The summed E-state index contributed by atoms with van der Waals surface area (Å²) in [5.74, 6) is 1.04. The average Bonchev–Trinajstić information content (AvgIpc) is 2.09. The molecule has 0 amide bonds. The molecule has 1 rings (SSSR count). The number of piperidine rings is 1. The largest absolute Gasteiger partial charge is 0.303 e. The highest BCUT2D eigenvalue weighted by Crippen LogP contribution is 2.21. The van der Waals surface area contributed by atoms with E-state index in [1.807, 2.05) is 0 Å². The summed E-state index contributed by atoms with van der Waals surface area (Å²) < 4.78 is 0. The summed E-state index contributed by atoms with van der Waals surface area (Å²) in [6.07, 6.45) is 7.05. The van der Waals surface area contributed by atoms with Gasteiger partial charge in [-0.2, -0.15) is 0 Å². The molecule has 1 aliphatic rings. The molecule has 0 radical (unpaired) electrons. The van der Waals surface area contributed by atoms with E-state index in [2.05, 4.69) is 18.7 Å². The lowest BCUT2D eigenvalue weighted by atomic mass is 9.92. The standard InChI is InChI=1S/C11H23N/c1-3-5-11-6-9-12(8-4-2)10-7-11/h11H,3-10H2,1-2H3. The first-order valence-electron chi connectivity index (χ1n) is 5.59. The van der Waals surface area contributed by atoms with Crippen LogP contribution in [0.3, 0.4) is 0 Å². The molecule has 1 fully saturated rings. The second-order valence-electron chi connectivity index (χ2n) is 4.07. The summed E-state index contributed by atoms with van der Waals surface area (Å²) in [7, 11) is 0. The highest BCUT2D eigenvalue weighted by molar-refractivity contribution is 4.71. The van der Waals surface area contributed by atoms with Crippen LogP contribution in [0.1, 0.15) is 46.0 Å². The van der Waals surface area contributed by atoms with Gasteiger partial charge < -0.3 is 4.90 Å². The van der Waals surface area contributed by atoms with Crippen molar-refractivity contribution < 1.29 is 0 Å². The van der Waals surface area contributed by atoms with Crippen LogP contribution in [0.4, 0.5) is 0 Å². The quantitative estimate of drug-likeness (QED) is 0.625. The van der Waals surface area contributed by atoms with Crippen LogP contribution in [0.25, 0.3) is 0 Å². The van der Waals surface area contributed by atoms with Crippen LogP contribution in [0.15, 0.2) is 0 Å². The molecule has 0 aliphatic carbocycles. The van der Waals surface area contributed by atoms with Crippen LogP contribution in [0.2, 0.25) is 0 Å². The van der Waals surface area contributed by atoms with Crippen LogP contribution < -0.4 is 0 Å². The third-order valence-electron chi connectivity index (χ3n) is 2.94. The lowest BCUT2D eigenvalue weighted by molar-refractivity contribution is 0.179. The number of hydrogen-bond acceptors (Lipinski definition) is 1. The maximum atomic E-state index is 2.62. The van der Waals surface area contributed by atoms with Gasteiger partial charge in [0.2, 0.25) is 0 Å². The Bertz CT molecular complexity index is 89.6. The molecular formula is C11H23N. The Morgan fingerprint density at radius 2 is 1.75 bits per heavy atom. The number of rotatable bonds is 4. The highest BCUT2D eigenvalue weighted by Gasteiger charge is 2.16. The molecule has 1 saturated heterocycles. The Hall–Kier alpha value is -0.0400. The van der Waals surface area contributed by atoms with Crippen molar-refractivity contribution in [1.29, 1.82) is 0 Å². The van der Waals surface area contributed by atoms with Crippen LogP contribution in [-0.2, 0) is 0 Å². The minimum atomic E-state index is 1.04. The predicted octanol–water partition coefficient (Wildman–Crippen LogP) is 2.91. The molecule has 0 spiro atoms. The first-order valence-corrected chi connectivity index (χ1v) is 5.59. The second-order valence-corrected chi connectivity index (χ2v) is 4.07. The van der Waals surface area contributed by atoms with E-state index in [-0.39, 0.29) is 0 Å². The van der Waals surface area contributed by atoms with Crippen molar-refractivity contribution >= 4 is 0 Å². The van der Waals surface area contributed by atoms with Crippen molar-refractivity contribution in [2.24, 2.45) is 5.92 Å². The maximum absolute atomic E-state index is 2.62. The van der Waals surface area contributed by atoms with Gasteiger partial charge in [0.25, 0.3) is 0 Å². The second kappa shape index (κ2) is 5.58. The van der Waals surface area contributed by atoms with E-state index >= 15 is 0 Å². The molecule has 0 aromatic rings. The molecule has 1 nitrogen and oxygen atoms in total. The van der Waals surface area contributed by atoms with Crippen molar-refractivity contribution in [3.8, 4) is 0 Å². The van der Waals surface area contributed by atoms with Gasteiger partial charge in [-0.25, -0.2) is 0 Å². The first-order chi connectivity index (χ1) is 5.86. The van der Waals surface area contributed by atoms with Crippen LogP contribution in [0, 0.1) is 5.92 Å². The van der Waals surface area contributed by atoms with Gasteiger partial charge in [-0.05, 0) is 44.8 Å². The van der Waals surface area contributed by atoms with Crippen molar-refractivity contribution in [3.63, 3.8) is 0 Å². The molecule has 0 bridgehead atoms. The summed E-state index contributed by atoms with van der Waals surface area (Å²) in [5.41, 5.74) is 0. The van der Waals surface area contributed by atoms with E-state index in [0.717, 1.165) is 5.92 Å².